The lowest BCUT2D eigenvalue weighted by Gasteiger charge is -2.05. The Balaban J connectivity index is 1.36. The van der Waals surface area contributed by atoms with E-state index >= 15 is 0 Å². The number of phenols is 2. The number of halogens is 1. The van der Waals surface area contributed by atoms with Crippen molar-refractivity contribution in [3.8, 4) is 34.5 Å². The first kappa shape index (κ1) is 19.1. The molecule has 0 saturated carbocycles. The monoisotopic (exact) mass is 497 g/mol. The average Bonchev–Trinajstić information content (AvgIpc) is 2.74. The number of aromatic hydroxyl groups is 2. The van der Waals surface area contributed by atoms with Crippen LogP contribution in [0, 0.1) is 7.14 Å². The maximum absolute atomic E-state index is 9.33. The highest BCUT2D eigenvalue weighted by Gasteiger charge is 2.15. The van der Waals surface area contributed by atoms with E-state index in [1.165, 1.54) is 7.14 Å². The predicted molar refractivity (Wildman–Crippen MR) is 107 cm³/mol. The quantitative estimate of drug-likeness (QED) is 0.403. The largest absolute Gasteiger partial charge is 0.508 e. The maximum atomic E-state index is 9.33. The summed E-state index contributed by atoms with van der Waals surface area (Å²) in [6, 6.07) is 29.5. The molecule has 29 heavy (non-hydrogen) atoms. The zero-order valence-corrected chi connectivity index (χ0v) is 17.5. The van der Waals surface area contributed by atoms with Crippen molar-refractivity contribution in [3.63, 3.8) is 0 Å². The third-order valence-corrected chi connectivity index (χ3v) is 6.67. The van der Waals surface area contributed by atoms with E-state index in [-0.39, 0.29) is 32.7 Å². The van der Waals surface area contributed by atoms with Gasteiger partial charge in [-0.05, 0) is 97.1 Å². The Morgan fingerprint density at radius 2 is 0.690 bits per heavy atom. The molecule has 0 unspecified atom stereocenters. The molecule has 0 radical (unpaired) electrons. The molecule has 4 rings (SSSR count). The van der Waals surface area contributed by atoms with Crippen molar-refractivity contribution in [1.29, 1.82) is 0 Å². The van der Waals surface area contributed by atoms with E-state index < -0.39 is 0 Å². The number of phenolic OH excluding ortho intramolecular Hbond substituents is 2. The molecule has 0 aliphatic carbocycles. The molecule has 0 spiro atoms. The number of hydrogen-bond donors (Lipinski definition) is 2. The molecule has 0 bridgehead atoms. The lowest BCUT2D eigenvalue weighted by molar-refractivity contribution is -0.597. The van der Waals surface area contributed by atoms with Crippen LogP contribution in [-0.2, 0) is 0 Å². The molecule has 0 amide bonds. The number of rotatable bonds is 6. The first-order chi connectivity index (χ1) is 14.1. The Kier molecular flexibility index (Phi) is 5.86. The van der Waals surface area contributed by atoms with Gasteiger partial charge in [-0.2, -0.15) is 0 Å². The normalized spacial score (nSPS) is 10.5. The number of ether oxygens (including phenoxy) is 2. The Morgan fingerprint density at radius 1 is 0.414 bits per heavy atom. The van der Waals surface area contributed by atoms with E-state index in [9.17, 15) is 10.2 Å². The average molecular weight is 497 g/mol. The molecule has 0 aromatic heterocycles. The van der Waals surface area contributed by atoms with Gasteiger partial charge in [-0.25, -0.2) is 0 Å². The van der Waals surface area contributed by atoms with Gasteiger partial charge in [-0.3, -0.25) is 0 Å². The van der Waals surface area contributed by atoms with Gasteiger partial charge in [0.1, 0.15) is 34.5 Å². The molecule has 0 fully saturated rings. The lowest BCUT2D eigenvalue weighted by atomic mass is 10.3. The first-order valence-electron chi connectivity index (χ1n) is 8.93. The topological polar surface area (TPSA) is 58.9 Å². The van der Waals surface area contributed by atoms with E-state index in [1.807, 2.05) is 24.3 Å². The molecule has 4 aromatic carbocycles. The molecular formula is C24H18IO4+. The standard InChI is InChI=1S/C24H17IO4/c26-19-5-13-23(14-6-19)28-21-9-1-17(2-10-21)25-18-3-11-22(12-4-18)29-24-15-7-20(27)8-16-24/h1-16H,(H-,26,27)/p+1. The Hall–Kier alpha value is -3.19. The molecular weight excluding hydrogens is 479 g/mol. The smallest absolute Gasteiger partial charge is 0.357 e. The Labute approximate surface area is 179 Å². The van der Waals surface area contributed by atoms with Crippen molar-refractivity contribution in [2.75, 3.05) is 0 Å². The van der Waals surface area contributed by atoms with Crippen molar-refractivity contribution < 1.29 is 40.9 Å². The minimum absolute atomic E-state index is 0.219. The summed E-state index contributed by atoms with van der Waals surface area (Å²) < 4.78 is 14.1. The summed E-state index contributed by atoms with van der Waals surface area (Å²) in [7, 11) is 0. The summed E-state index contributed by atoms with van der Waals surface area (Å²) in [6.45, 7) is 0. The fourth-order valence-electron chi connectivity index (χ4n) is 2.56. The van der Waals surface area contributed by atoms with E-state index in [0.717, 1.165) is 11.5 Å². The second-order valence-corrected chi connectivity index (χ2v) is 9.22. The van der Waals surface area contributed by atoms with E-state index in [1.54, 1.807) is 48.5 Å². The van der Waals surface area contributed by atoms with Gasteiger partial charge in [0.05, 0.1) is 0 Å². The number of hydrogen-bond acceptors (Lipinski definition) is 4. The molecule has 144 valence electrons. The van der Waals surface area contributed by atoms with Crippen LogP contribution in [-0.4, -0.2) is 10.2 Å². The van der Waals surface area contributed by atoms with Gasteiger partial charge in [0.25, 0.3) is 0 Å². The van der Waals surface area contributed by atoms with Crippen LogP contribution in [0.15, 0.2) is 97.1 Å². The Bertz CT molecular complexity index is 969. The molecule has 4 aromatic rings. The zero-order chi connectivity index (χ0) is 20.1. The van der Waals surface area contributed by atoms with Gasteiger partial charge in [-0.1, -0.05) is 0 Å². The van der Waals surface area contributed by atoms with E-state index in [2.05, 4.69) is 24.3 Å². The van der Waals surface area contributed by atoms with Crippen LogP contribution in [0.1, 0.15) is 0 Å². The van der Waals surface area contributed by atoms with Crippen LogP contribution < -0.4 is 30.7 Å². The molecule has 0 saturated heterocycles. The van der Waals surface area contributed by atoms with E-state index in [0.29, 0.717) is 11.5 Å². The summed E-state index contributed by atoms with van der Waals surface area (Å²) in [5.41, 5.74) is 0. The van der Waals surface area contributed by atoms with Crippen molar-refractivity contribution in [2.45, 2.75) is 0 Å². The summed E-state index contributed by atoms with van der Waals surface area (Å²) in [5, 5.41) is 18.7. The summed E-state index contributed by atoms with van der Waals surface area (Å²) in [6.07, 6.45) is 0. The molecule has 4 nitrogen and oxygen atoms in total. The zero-order valence-electron chi connectivity index (χ0n) is 15.3. The van der Waals surface area contributed by atoms with Gasteiger partial charge in [0, 0.05) is 0 Å². The molecule has 0 heterocycles. The third-order valence-electron chi connectivity index (χ3n) is 3.99. The van der Waals surface area contributed by atoms with Crippen LogP contribution in [0.5, 0.6) is 34.5 Å². The Morgan fingerprint density at radius 3 is 1.00 bits per heavy atom. The number of benzene rings is 4. The fourth-order valence-corrected chi connectivity index (χ4v) is 4.72. The highest BCUT2D eigenvalue weighted by molar-refractivity contribution is 5.35. The second kappa shape index (κ2) is 8.87. The van der Waals surface area contributed by atoms with Crippen LogP contribution in [0.25, 0.3) is 0 Å². The molecule has 5 heteroatoms. The first-order valence-corrected chi connectivity index (χ1v) is 11.1. The van der Waals surface area contributed by atoms with Crippen LogP contribution in [0.4, 0.5) is 0 Å². The van der Waals surface area contributed by atoms with Gasteiger partial charge >= 0.3 is 21.2 Å². The molecule has 0 aliphatic heterocycles. The molecule has 0 atom stereocenters. The highest BCUT2D eigenvalue weighted by atomic mass is 127. The molecule has 2 N–H and O–H groups in total. The van der Waals surface area contributed by atoms with Gasteiger partial charge < -0.3 is 19.7 Å². The maximum Gasteiger partial charge on any atom is 0.357 e. The van der Waals surface area contributed by atoms with Crippen molar-refractivity contribution in [1.82, 2.24) is 0 Å². The van der Waals surface area contributed by atoms with Crippen molar-refractivity contribution in [2.24, 2.45) is 0 Å². The summed E-state index contributed by atoms with van der Waals surface area (Å²) in [4.78, 5) is 0. The second-order valence-electron chi connectivity index (χ2n) is 6.19. The van der Waals surface area contributed by atoms with Crippen molar-refractivity contribution in [3.05, 3.63) is 104 Å². The van der Waals surface area contributed by atoms with E-state index in [4.69, 9.17) is 9.47 Å². The summed E-state index contributed by atoms with van der Waals surface area (Å²) >= 11 is -0.304. The third kappa shape index (κ3) is 5.42. The van der Waals surface area contributed by atoms with Gasteiger partial charge in [0.2, 0.25) is 0 Å². The lowest BCUT2D eigenvalue weighted by Crippen LogP contribution is -3.61. The molecule has 0 aliphatic rings. The predicted octanol–water partition coefficient (Wildman–Crippen LogP) is 2.81. The van der Waals surface area contributed by atoms with Crippen LogP contribution >= 0.6 is 0 Å². The SMILES string of the molecule is Oc1ccc(Oc2ccc([I+]c3ccc(Oc4ccc(O)cc4)cc3)cc2)cc1. The van der Waals surface area contributed by atoms with Crippen LogP contribution in [0.2, 0.25) is 0 Å². The van der Waals surface area contributed by atoms with Crippen LogP contribution in [0.3, 0.4) is 0 Å². The summed E-state index contributed by atoms with van der Waals surface area (Å²) in [5.74, 6) is 3.35. The minimum atomic E-state index is -0.304. The van der Waals surface area contributed by atoms with Crippen molar-refractivity contribution >= 4 is 0 Å². The minimum Gasteiger partial charge on any atom is -0.508 e. The highest BCUT2D eigenvalue weighted by Crippen LogP contribution is 2.23. The fraction of sp³-hybridized carbons (Fsp3) is 0. The van der Waals surface area contributed by atoms with Gasteiger partial charge in [-0.15, -0.1) is 0 Å². The van der Waals surface area contributed by atoms with Gasteiger partial charge in [0.15, 0.2) is 7.14 Å².